The van der Waals surface area contributed by atoms with Gasteiger partial charge in [-0.2, -0.15) is 0 Å². The molecule has 92 valence electrons. The first-order valence-corrected chi connectivity index (χ1v) is 6.04. The first-order valence-electron chi connectivity index (χ1n) is 5.50. The molecule has 1 rings (SSSR count). The highest BCUT2D eigenvalue weighted by Gasteiger charge is 2.23. The molecule has 0 spiro atoms. The first kappa shape index (κ1) is 13.1. The third kappa shape index (κ3) is 4.26. The molecule has 1 unspecified atom stereocenters. The van der Waals surface area contributed by atoms with Crippen LogP contribution in [0.15, 0.2) is 0 Å². The summed E-state index contributed by atoms with van der Waals surface area (Å²) in [7, 11) is 0. The predicted octanol–water partition coefficient (Wildman–Crippen LogP) is 0.522. The predicted molar refractivity (Wildman–Crippen MR) is 62.2 cm³/mol. The van der Waals surface area contributed by atoms with Gasteiger partial charge >= 0.3 is 6.03 Å². The maximum atomic E-state index is 11.6. The standard InChI is InChI=1S/C10H18ClN3O2/c11-4-3-9(15)14-5-1-2-8(7-14)6-13-10(12)16/h8H,1-7H2,(H3,12,13,16). The summed E-state index contributed by atoms with van der Waals surface area (Å²) in [5.74, 6) is 0.763. The Kier molecular flexibility index (Phi) is 5.38. The number of urea groups is 1. The van der Waals surface area contributed by atoms with Crippen LogP contribution in [0.2, 0.25) is 0 Å². The van der Waals surface area contributed by atoms with Gasteiger partial charge in [0.1, 0.15) is 0 Å². The minimum atomic E-state index is -0.510. The normalized spacial score (nSPS) is 20.6. The molecule has 1 heterocycles. The molecule has 0 aromatic rings. The number of hydrogen-bond acceptors (Lipinski definition) is 2. The molecule has 0 aromatic carbocycles. The average molecular weight is 248 g/mol. The summed E-state index contributed by atoms with van der Waals surface area (Å²) < 4.78 is 0. The number of nitrogens with zero attached hydrogens (tertiary/aromatic N) is 1. The SMILES string of the molecule is NC(=O)NCC1CCCN(C(=O)CCCl)C1. The number of nitrogens with two attached hydrogens (primary N) is 1. The van der Waals surface area contributed by atoms with Crippen LogP contribution >= 0.6 is 11.6 Å². The van der Waals surface area contributed by atoms with Gasteiger partial charge in [-0.25, -0.2) is 4.79 Å². The summed E-state index contributed by atoms with van der Waals surface area (Å²) in [5, 5.41) is 2.58. The van der Waals surface area contributed by atoms with Crippen LogP contribution in [0.5, 0.6) is 0 Å². The van der Waals surface area contributed by atoms with Crippen LogP contribution in [0.4, 0.5) is 4.79 Å². The average Bonchev–Trinajstić information content (AvgIpc) is 2.27. The molecule has 0 aliphatic carbocycles. The Morgan fingerprint density at radius 3 is 2.88 bits per heavy atom. The largest absolute Gasteiger partial charge is 0.352 e. The topological polar surface area (TPSA) is 75.4 Å². The lowest BCUT2D eigenvalue weighted by Gasteiger charge is -2.32. The van der Waals surface area contributed by atoms with Crippen molar-refractivity contribution in [1.29, 1.82) is 0 Å². The highest BCUT2D eigenvalue weighted by atomic mass is 35.5. The number of piperidine rings is 1. The maximum Gasteiger partial charge on any atom is 0.312 e. The fourth-order valence-corrected chi connectivity index (χ4v) is 2.10. The van der Waals surface area contributed by atoms with E-state index in [0.29, 0.717) is 31.3 Å². The first-order chi connectivity index (χ1) is 7.63. The van der Waals surface area contributed by atoms with E-state index in [2.05, 4.69) is 5.32 Å². The number of halogens is 1. The summed E-state index contributed by atoms with van der Waals surface area (Å²) in [5.41, 5.74) is 5.00. The summed E-state index contributed by atoms with van der Waals surface area (Å²) in [6.45, 7) is 2.03. The van der Waals surface area contributed by atoms with Crippen molar-refractivity contribution in [3.8, 4) is 0 Å². The van der Waals surface area contributed by atoms with E-state index in [-0.39, 0.29) is 5.91 Å². The van der Waals surface area contributed by atoms with E-state index in [1.807, 2.05) is 4.90 Å². The summed E-state index contributed by atoms with van der Waals surface area (Å²) >= 11 is 5.53. The van der Waals surface area contributed by atoms with E-state index in [4.69, 9.17) is 17.3 Å². The molecule has 6 heteroatoms. The van der Waals surface area contributed by atoms with Gasteiger partial charge < -0.3 is 16.0 Å². The van der Waals surface area contributed by atoms with Crippen LogP contribution < -0.4 is 11.1 Å². The molecular weight excluding hydrogens is 230 g/mol. The van der Waals surface area contributed by atoms with E-state index >= 15 is 0 Å². The zero-order valence-corrected chi connectivity index (χ0v) is 10.0. The number of amides is 3. The van der Waals surface area contributed by atoms with Crippen LogP contribution in [-0.2, 0) is 4.79 Å². The van der Waals surface area contributed by atoms with Crippen molar-refractivity contribution in [2.75, 3.05) is 25.5 Å². The second-order valence-electron chi connectivity index (χ2n) is 4.03. The van der Waals surface area contributed by atoms with Crippen molar-refractivity contribution < 1.29 is 9.59 Å². The summed E-state index contributed by atoms with van der Waals surface area (Å²) in [4.78, 5) is 24.0. The molecule has 0 bridgehead atoms. The minimum Gasteiger partial charge on any atom is -0.352 e. The van der Waals surface area contributed by atoms with Crippen molar-refractivity contribution in [3.63, 3.8) is 0 Å². The lowest BCUT2D eigenvalue weighted by atomic mass is 9.98. The zero-order chi connectivity index (χ0) is 12.0. The molecule has 1 aliphatic rings. The van der Waals surface area contributed by atoms with Crippen molar-refractivity contribution in [2.45, 2.75) is 19.3 Å². The van der Waals surface area contributed by atoms with Gasteiger partial charge in [0.2, 0.25) is 5.91 Å². The Balaban J connectivity index is 2.34. The molecule has 3 N–H and O–H groups in total. The van der Waals surface area contributed by atoms with Gasteiger partial charge in [0.05, 0.1) is 0 Å². The van der Waals surface area contributed by atoms with Gasteiger partial charge in [0.15, 0.2) is 0 Å². The molecule has 5 nitrogen and oxygen atoms in total. The second-order valence-corrected chi connectivity index (χ2v) is 4.41. The number of likely N-dealkylation sites (tertiary alicyclic amines) is 1. The van der Waals surface area contributed by atoms with Crippen LogP contribution in [-0.4, -0.2) is 42.4 Å². The summed E-state index contributed by atoms with van der Waals surface area (Å²) in [6.07, 6.45) is 2.38. The second kappa shape index (κ2) is 6.58. The number of hydrogen-bond donors (Lipinski definition) is 2. The number of carbonyl (C=O) groups is 2. The number of carbonyl (C=O) groups excluding carboxylic acids is 2. The van der Waals surface area contributed by atoms with Crippen molar-refractivity contribution in [1.82, 2.24) is 10.2 Å². The molecule has 1 fully saturated rings. The zero-order valence-electron chi connectivity index (χ0n) is 9.25. The van der Waals surface area contributed by atoms with Gasteiger partial charge in [-0.15, -0.1) is 11.6 Å². The van der Waals surface area contributed by atoms with Gasteiger partial charge in [-0.05, 0) is 18.8 Å². The Bertz CT molecular complexity index is 260. The smallest absolute Gasteiger partial charge is 0.312 e. The highest BCUT2D eigenvalue weighted by molar-refractivity contribution is 6.18. The third-order valence-electron chi connectivity index (χ3n) is 2.75. The fraction of sp³-hybridized carbons (Fsp3) is 0.800. The Morgan fingerprint density at radius 1 is 1.50 bits per heavy atom. The van der Waals surface area contributed by atoms with Crippen LogP contribution in [0.3, 0.4) is 0 Å². The van der Waals surface area contributed by atoms with Gasteiger partial charge in [-0.3, -0.25) is 4.79 Å². The highest BCUT2D eigenvalue weighted by Crippen LogP contribution is 2.16. The molecule has 16 heavy (non-hydrogen) atoms. The lowest BCUT2D eigenvalue weighted by molar-refractivity contribution is -0.132. The molecule has 3 amide bonds. The van der Waals surface area contributed by atoms with E-state index in [1.54, 1.807) is 0 Å². The number of alkyl halides is 1. The monoisotopic (exact) mass is 247 g/mol. The Hall–Kier alpha value is -0.970. The number of nitrogens with one attached hydrogen (secondary N) is 1. The van der Waals surface area contributed by atoms with Crippen LogP contribution in [0, 0.1) is 5.92 Å². The van der Waals surface area contributed by atoms with Crippen molar-refractivity contribution >= 4 is 23.5 Å². The molecule has 1 aliphatic heterocycles. The molecular formula is C10H18ClN3O2. The maximum absolute atomic E-state index is 11.6. The Morgan fingerprint density at radius 2 is 2.25 bits per heavy atom. The summed E-state index contributed by atoms with van der Waals surface area (Å²) in [6, 6.07) is -0.510. The number of primary amides is 1. The molecule has 1 saturated heterocycles. The Labute approximate surface area is 100 Å². The molecule has 0 radical (unpaired) electrons. The van der Waals surface area contributed by atoms with Crippen LogP contribution in [0.1, 0.15) is 19.3 Å². The van der Waals surface area contributed by atoms with E-state index < -0.39 is 6.03 Å². The third-order valence-corrected chi connectivity index (χ3v) is 2.93. The van der Waals surface area contributed by atoms with Gasteiger partial charge in [0.25, 0.3) is 0 Å². The van der Waals surface area contributed by atoms with Gasteiger partial charge in [-0.1, -0.05) is 0 Å². The molecule has 0 aromatic heterocycles. The van der Waals surface area contributed by atoms with E-state index in [1.165, 1.54) is 0 Å². The lowest BCUT2D eigenvalue weighted by Crippen LogP contribution is -2.44. The van der Waals surface area contributed by atoms with Crippen molar-refractivity contribution in [3.05, 3.63) is 0 Å². The minimum absolute atomic E-state index is 0.0961. The van der Waals surface area contributed by atoms with Crippen LogP contribution in [0.25, 0.3) is 0 Å². The van der Waals surface area contributed by atoms with Crippen molar-refractivity contribution in [2.24, 2.45) is 11.7 Å². The van der Waals surface area contributed by atoms with Gasteiger partial charge in [0, 0.05) is 31.9 Å². The van der Waals surface area contributed by atoms with E-state index in [0.717, 1.165) is 19.4 Å². The number of rotatable bonds is 4. The fourth-order valence-electron chi connectivity index (χ4n) is 1.94. The molecule has 1 atom stereocenters. The molecule has 0 saturated carbocycles. The quantitative estimate of drug-likeness (QED) is 0.711. The van der Waals surface area contributed by atoms with E-state index in [9.17, 15) is 9.59 Å².